The van der Waals surface area contributed by atoms with Crippen molar-refractivity contribution < 1.29 is 14.3 Å². The summed E-state index contributed by atoms with van der Waals surface area (Å²) in [6.07, 6.45) is 1.71. The molecule has 0 atom stereocenters. The van der Waals surface area contributed by atoms with Crippen LogP contribution in [-0.2, 0) is 21.8 Å². The third-order valence-corrected chi connectivity index (χ3v) is 6.73. The first-order valence-corrected chi connectivity index (χ1v) is 12.5. The Morgan fingerprint density at radius 1 is 1.28 bits per heavy atom. The quantitative estimate of drug-likeness (QED) is 0.481. The molecule has 3 heterocycles. The third-order valence-electron chi connectivity index (χ3n) is 5.01. The van der Waals surface area contributed by atoms with E-state index in [1.54, 1.807) is 6.20 Å². The molecule has 2 aromatic heterocycles. The van der Waals surface area contributed by atoms with Crippen LogP contribution in [0.2, 0.25) is 0 Å². The first kappa shape index (κ1) is 22.8. The van der Waals surface area contributed by atoms with E-state index in [-0.39, 0.29) is 11.5 Å². The molecule has 1 N–H and O–H groups in total. The van der Waals surface area contributed by atoms with Crippen LogP contribution in [0.5, 0.6) is 5.75 Å². The lowest BCUT2D eigenvalue weighted by atomic mass is 10.2. The summed E-state index contributed by atoms with van der Waals surface area (Å²) in [6.45, 7) is 5.41. The van der Waals surface area contributed by atoms with Crippen LogP contribution >= 0.6 is 23.1 Å². The fraction of sp³-hybridized carbons (Fsp3) is 0.409. The number of thiazole rings is 1. The van der Waals surface area contributed by atoms with Crippen LogP contribution in [0.4, 0.5) is 0 Å². The summed E-state index contributed by atoms with van der Waals surface area (Å²) in [7, 11) is 0. The zero-order chi connectivity index (χ0) is 22.2. The number of thioether (sulfide) groups is 1. The highest BCUT2D eigenvalue weighted by Crippen LogP contribution is 2.14. The van der Waals surface area contributed by atoms with Crippen LogP contribution in [0.3, 0.4) is 0 Å². The van der Waals surface area contributed by atoms with Crippen LogP contribution in [-0.4, -0.2) is 65.4 Å². The monoisotopic (exact) mass is 474 g/mol. The minimum absolute atomic E-state index is 0.0532. The number of carbonyl (C=O) groups is 1. The average molecular weight is 475 g/mol. The van der Waals surface area contributed by atoms with Gasteiger partial charge in [0.2, 0.25) is 5.91 Å². The van der Waals surface area contributed by atoms with Crippen molar-refractivity contribution in [1.82, 2.24) is 19.6 Å². The van der Waals surface area contributed by atoms with E-state index in [0.29, 0.717) is 35.3 Å². The summed E-state index contributed by atoms with van der Waals surface area (Å²) in [5, 5.41) is 4.77. The number of amides is 1. The molecule has 0 unspecified atom stereocenters. The molecule has 10 heteroatoms. The van der Waals surface area contributed by atoms with Crippen molar-refractivity contribution in [2.45, 2.75) is 12.3 Å². The minimum Gasteiger partial charge on any atom is -0.492 e. The van der Waals surface area contributed by atoms with E-state index in [1.807, 2.05) is 29.6 Å². The molecule has 1 saturated heterocycles. The van der Waals surface area contributed by atoms with Gasteiger partial charge in [0.15, 0.2) is 4.96 Å². The molecule has 0 spiro atoms. The number of carbonyl (C=O) groups excluding carboxylic acids is 1. The van der Waals surface area contributed by atoms with E-state index in [0.717, 1.165) is 44.2 Å². The fourth-order valence-electron chi connectivity index (χ4n) is 3.32. The van der Waals surface area contributed by atoms with Gasteiger partial charge in [-0.1, -0.05) is 12.1 Å². The second-order valence-electron chi connectivity index (χ2n) is 7.36. The molecule has 170 valence electrons. The van der Waals surface area contributed by atoms with Gasteiger partial charge in [-0.05, 0) is 17.7 Å². The normalized spacial score (nSPS) is 14.5. The van der Waals surface area contributed by atoms with Gasteiger partial charge >= 0.3 is 0 Å². The summed E-state index contributed by atoms with van der Waals surface area (Å²) >= 11 is 2.86. The molecule has 0 radical (unpaired) electrons. The molecule has 1 aliphatic rings. The van der Waals surface area contributed by atoms with Crippen LogP contribution < -0.4 is 15.6 Å². The van der Waals surface area contributed by atoms with Crippen molar-refractivity contribution in [2.75, 3.05) is 45.2 Å². The highest BCUT2D eigenvalue weighted by atomic mass is 32.2. The Balaban J connectivity index is 1.17. The number of benzene rings is 1. The molecule has 0 bridgehead atoms. The van der Waals surface area contributed by atoms with Gasteiger partial charge < -0.3 is 14.8 Å². The Labute approximate surface area is 194 Å². The Morgan fingerprint density at radius 2 is 2.16 bits per heavy atom. The predicted molar refractivity (Wildman–Crippen MR) is 127 cm³/mol. The predicted octanol–water partition coefficient (Wildman–Crippen LogP) is 2.02. The third kappa shape index (κ3) is 6.55. The number of hydrogen-bond acceptors (Lipinski definition) is 8. The second kappa shape index (κ2) is 11.5. The van der Waals surface area contributed by atoms with Crippen molar-refractivity contribution in [1.29, 1.82) is 0 Å². The topological polar surface area (TPSA) is 85.2 Å². The molecule has 1 aromatic carbocycles. The number of hydrogen-bond donors (Lipinski definition) is 1. The highest BCUT2D eigenvalue weighted by molar-refractivity contribution is 7.99. The van der Waals surface area contributed by atoms with Gasteiger partial charge in [0.1, 0.15) is 12.4 Å². The number of nitrogens with one attached hydrogen (secondary N) is 1. The van der Waals surface area contributed by atoms with Crippen molar-refractivity contribution >= 4 is 34.0 Å². The van der Waals surface area contributed by atoms with Crippen molar-refractivity contribution in [3.63, 3.8) is 0 Å². The largest absolute Gasteiger partial charge is 0.492 e. The smallest absolute Gasteiger partial charge is 0.258 e. The summed E-state index contributed by atoms with van der Waals surface area (Å²) in [5.41, 5.74) is 1.59. The second-order valence-corrected chi connectivity index (χ2v) is 9.22. The van der Waals surface area contributed by atoms with E-state index < -0.39 is 0 Å². The van der Waals surface area contributed by atoms with Crippen LogP contribution in [0, 0.1) is 0 Å². The number of nitrogens with zero attached hydrogens (tertiary/aromatic N) is 3. The van der Waals surface area contributed by atoms with E-state index >= 15 is 0 Å². The molecule has 1 fully saturated rings. The Hall–Kier alpha value is -2.40. The molecule has 0 saturated carbocycles. The van der Waals surface area contributed by atoms with Crippen LogP contribution in [0.25, 0.3) is 4.96 Å². The Bertz CT molecular complexity index is 1090. The summed E-state index contributed by atoms with van der Waals surface area (Å²) in [6, 6.07) is 9.32. The molecule has 3 aromatic rings. The standard InChI is InChI=1S/C22H26N4O4S2/c27-20(16-31-15-18-13-21(28)26-7-11-32-22(26)24-18)23-14-17-2-1-3-19(12-17)30-10-6-25-4-8-29-9-5-25/h1-3,7,11-13H,4-6,8-10,14-16H2,(H,23,27). The Morgan fingerprint density at radius 3 is 3.03 bits per heavy atom. The molecular formula is C22H26N4O4S2. The van der Waals surface area contributed by atoms with E-state index in [2.05, 4.69) is 15.2 Å². The maximum absolute atomic E-state index is 12.2. The summed E-state index contributed by atoms with van der Waals surface area (Å²) in [5.74, 6) is 1.58. The first-order chi connectivity index (χ1) is 15.7. The van der Waals surface area contributed by atoms with Crippen LogP contribution in [0.1, 0.15) is 11.3 Å². The van der Waals surface area contributed by atoms with Crippen LogP contribution in [0.15, 0.2) is 46.7 Å². The number of rotatable bonds is 10. The lowest BCUT2D eigenvalue weighted by Gasteiger charge is -2.26. The van der Waals surface area contributed by atoms with Gasteiger partial charge in [-0.25, -0.2) is 4.98 Å². The van der Waals surface area contributed by atoms with Crippen molar-refractivity contribution in [2.24, 2.45) is 0 Å². The maximum Gasteiger partial charge on any atom is 0.258 e. The summed E-state index contributed by atoms with van der Waals surface area (Å²) < 4.78 is 12.7. The molecule has 1 aliphatic heterocycles. The number of morpholine rings is 1. The number of ether oxygens (including phenoxy) is 2. The van der Waals surface area contributed by atoms with Gasteiger partial charge in [-0.3, -0.25) is 18.9 Å². The molecule has 0 aliphatic carbocycles. The summed E-state index contributed by atoms with van der Waals surface area (Å²) in [4.78, 5) is 31.7. The minimum atomic E-state index is -0.0941. The van der Waals surface area contributed by atoms with E-state index in [4.69, 9.17) is 9.47 Å². The van der Waals surface area contributed by atoms with Gasteiger partial charge in [0.25, 0.3) is 5.56 Å². The van der Waals surface area contributed by atoms with Gasteiger partial charge in [0, 0.05) is 49.6 Å². The zero-order valence-corrected chi connectivity index (χ0v) is 19.3. The van der Waals surface area contributed by atoms with E-state index in [9.17, 15) is 9.59 Å². The Kier molecular flexibility index (Phi) is 8.16. The molecule has 4 rings (SSSR count). The lowest BCUT2D eigenvalue weighted by Crippen LogP contribution is -2.38. The molecule has 32 heavy (non-hydrogen) atoms. The molecule has 8 nitrogen and oxygen atoms in total. The SMILES string of the molecule is O=C(CSCc1cc(=O)n2ccsc2n1)NCc1cccc(OCCN2CCOCC2)c1. The average Bonchev–Trinajstić information content (AvgIpc) is 3.28. The van der Waals surface area contributed by atoms with Gasteiger partial charge in [0.05, 0.1) is 24.7 Å². The number of fused-ring (bicyclic) bond motifs is 1. The van der Waals surface area contributed by atoms with Gasteiger partial charge in [-0.2, -0.15) is 0 Å². The van der Waals surface area contributed by atoms with Crippen molar-refractivity contribution in [3.05, 3.63) is 63.5 Å². The fourth-order valence-corrected chi connectivity index (χ4v) is 4.81. The van der Waals surface area contributed by atoms with Gasteiger partial charge in [-0.15, -0.1) is 23.1 Å². The molecular weight excluding hydrogens is 448 g/mol. The maximum atomic E-state index is 12.2. The first-order valence-electron chi connectivity index (χ1n) is 10.5. The molecule has 1 amide bonds. The lowest BCUT2D eigenvalue weighted by molar-refractivity contribution is -0.118. The zero-order valence-electron chi connectivity index (χ0n) is 17.7. The highest BCUT2D eigenvalue weighted by Gasteiger charge is 2.10. The van der Waals surface area contributed by atoms with Crippen molar-refractivity contribution in [3.8, 4) is 5.75 Å². The number of aromatic nitrogens is 2. The van der Waals surface area contributed by atoms with E-state index in [1.165, 1.54) is 33.6 Å².